The van der Waals surface area contributed by atoms with Crippen molar-refractivity contribution in [3.63, 3.8) is 0 Å². The molecule has 1 aliphatic heterocycles. The van der Waals surface area contributed by atoms with Gasteiger partial charge in [0, 0.05) is 24.9 Å². The van der Waals surface area contributed by atoms with Gasteiger partial charge in [0.15, 0.2) is 0 Å². The molecule has 0 aliphatic carbocycles. The minimum Gasteiger partial charge on any atom is -0.376 e. The summed E-state index contributed by atoms with van der Waals surface area (Å²) in [6.45, 7) is 3.76. The van der Waals surface area contributed by atoms with Crippen molar-refractivity contribution in [3.8, 4) is 0 Å². The standard InChI is InChI=1S/C11H19N3O/c1-9(11-3-2-6-15-11)14-8-13-7-10(14)4-5-12/h7-9,11H,2-6,12H2,1H3. The number of rotatable bonds is 4. The van der Waals surface area contributed by atoms with E-state index in [9.17, 15) is 0 Å². The maximum atomic E-state index is 5.69. The minimum absolute atomic E-state index is 0.343. The summed E-state index contributed by atoms with van der Waals surface area (Å²) in [6, 6.07) is 0.372. The van der Waals surface area contributed by atoms with Gasteiger partial charge in [-0.1, -0.05) is 0 Å². The Kier molecular flexibility index (Phi) is 3.38. The highest BCUT2D eigenvalue weighted by Gasteiger charge is 2.24. The zero-order valence-corrected chi connectivity index (χ0v) is 9.22. The van der Waals surface area contributed by atoms with Crippen LogP contribution >= 0.6 is 0 Å². The second kappa shape index (κ2) is 4.77. The monoisotopic (exact) mass is 209 g/mol. The Morgan fingerprint density at radius 2 is 2.60 bits per heavy atom. The van der Waals surface area contributed by atoms with E-state index in [0.29, 0.717) is 18.7 Å². The highest BCUT2D eigenvalue weighted by Crippen LogP contribution is 2.25. The molecule has 2 unspecified atom stereocenters. The van der Waals surface area contributed by atoms with Crippen LogP contribution in [0.4, 0.5) is 0 Å². The SMILES string of the molecule is CC(C1CCCO1)n1cncc1CCN. The third kappa shape index (κ3) is 2.21. The Hall–Kier alpha value is -0.870. The largest absolute Gasteiger partial charge is 0.376 e. The Bertz CT molecular complexity index is 305. The molecule has 0 saturated carbocycles. The van der Waals surface area contributed by atoms with Gasteiger partial charge < -0.3 is 15.0 Å². The van der Waals surface area contributed by atoms with Crippen molar-refractivity contribution in [3.05, 3.63) is 18.2 Å². The molecule has 2 rings (SSSR count). The van der Waals surface area contributed by atoms with Crippen LogP contribution in [0.3, 0.4) is 0 Å². The molecule has 0 amide bonds. The smallest absolute Gasteiger partial charge is 0.0951 e. The molecule has 84 valence electrons. The van der Waals surface area contributed by atoms with Gasteiger partial charge in [0.25, 0.3) is 0 Å². The summed E-state index contributed by atoms with van der Waals surface area (Å²) >= 11 is 0. The zero-order valence-electron chi connectivity index (χ0n) is 9.22. The third-order valence-corrected chi connectivity index (χ3v) is 3.09. The lowest BCUT2D eigenvalue weighted by atomic mass is 10.1. The highest BCUT2D eigenvalue weighted by atomic mass is 16.5. The molecule has 0 spiro atoms. The minimum atomic E-state index is 0.343. The van der Waals surface area contributed by atoms with Crippen molar-refractivity contribution in [2.24, 2.45) is 5.73 Å². The predicted molar refractivity (Wildman–Crippen MR) is 58.7 cm³/mol. The second-order valence-electron chi connectivity index (χ2n) is 4.12. The summed E-state index contributed by atoms with van der Waals surface area (Å²) in [5.41, 5.74) is 6.78. The Balaban J connectivity index is 2.09. The van der Waals surface area contributed by atoms with Crippen LogP contribution in [0.5, 0.6) is 0 Å². The lowest BCUT2D eigenvalue weighted by molar-refractivity contribution is 0.0724. The lowest BCUT2D eigenvalue weighted by Crippen LogP contribution is -2.22. The number of aromatic nitrogens is 2. The molecule has 4 heteroatoms. The summed E-state index contributed by atoms with van der Waals surface area (Å²) in [6.07, 6.45) is 7.35. The third-order valence-electron chi connectivity index (χ3n) is 3.09. The van der Waals surface area contributed by atoms with Crippen LogP contribution in [-0.4, -0.2) is 28.8 Å². The van der Waals surface area contributed by atoms with Crippen LogP contribution < -0.4 is 5.73 Å². The highest BCUT2D eigenvalue weighted by molar-refractivity contribution is 5.01. The summed E-state index contributed by atoms with van der Waals surface area (Å²) in [5.74, 6) is 0. The van der Waals surface area contributed by atoms with Crippen molar-refractivity contribution >= 4 is 0 Å². The van der Waals surface area contributed by atoms with E-state index in [4.69, 9.17) is 10.5 Å². The summed E-state index contributed by atoms with van der Waals surface area (Å²) in [7, 11) is 0. The van der Waals surface area contributed by atoms with E-state index in [2.05, 4.69) is 16.5 Å². The van der Waals surface area contributed by atoms with Gasteiger partial charge in [0.05, 0.1) is 18.5 Å². The number of hydrogen-bond acceptors (Lipinski definition) is 3. The quantitative estimate of drug-likeness (QED) is 0.808. The average molecular weight is 209 g/mol. The van der Waals surface area contributed by atoms with Gasteiger partial charge in [-0.05, 0) is 26.3 Å². The van der Waals surface area contributed by atoms with E-state index in [1.165, 1.54) is 12.1 Å². The fourth-order valence-electron chi connectivity index (χ4n) is 2.20. The van der Waals surface area contributed by atoms with Crippen molar-refractivity contribution in [2.45, 2.75) is 38.3 Å². The van der Waals surface area contributed by atoms with Gasteiger partial charge in [0.1, 0.15) is 0 Å². The van der Waals surface area contributed by atoms with Crippen LogP contribution in [0.2, 0.25) is 0 Å². The lowest BCUT2D eigenvalue weighted by Gasteiger charge is -2.22. The fourth-order valence-corrected chi connectivity index (χ4v) is 2.20. The number of imidazole rings is 1. The first kappa shape index (κ1) is 10.6. The summed E-state index contributed by atoms with van der Waals surface area (Å²) in [5, 5.41) is 0. The van der Waals surface area contributed by atoms with Crippen molar-refractivity contribution in [1.82, 2.24) is 9.55 Å². The Morgan fingerprint density at radius 1 is 1.73 bits per heavy atom. The fraction of sp³-hybridized carbons (Fsp3) is 0.727. The topological polar surface area (TPSA) is 53.1 Å². The average Bonchev–Trinajstić information content (AvgIpc) is 2.87. The van der Waals surface area contributed by atoms with Crippen LogP contribution in [0.15, 0.2) is 12.5 Å². The van der Waals surface area contributed by atoms with E-state index < -0.39 is 0 Å². The molecule has 15 heavy (non-hydrogen) atoms. The molecule has 2 heterocycles. The van der Waals surface area contributed by atoms with Gasteiger partial charge >= 0.3 is 0 Å². The molecule has 2 atom stereocenters. The number of hydrogen-bond donors (Lipinski definition) is 1. The molecule has 1 aromatic rings. The zero-order chi connectivity index (χ0) is 10.7. The maximum absolute atomic E-state index is 5.69. The van der Waals surface area contributed by atoms with Crippen LogP contribution in [0.1, 0.15) is 31.5 Å². The maximum Gasteiger partial charge on any atom is 0.0951 e. The van der Waals surface area contributed by atoms with E-state index in [-0.39, 0.29) is 0 Å². The predicted octanol–water partition coefficient (Wildman–Crippen LogP) is 1.12. The molecule has 1 aromatic heterocycles. The molecular formula is C11H19N3O. The Morgan fingerprint density at radius 3 is 3.27 bits per heavy atom. The molecule has 1 fully saturated rings. The van der Waals surface area contributed by atoms with E-state index in [1.807, 2.05) is 12.5 Å². The molecule has 4 nitrogen and oxygen atoms in total. The van der Waals surface area contributed by atoms with E-state index in [0.717, 1.165) is 19.4 Å². The normalized spacial score (nSPS) is 23.2. The number of ether oxygens (including phenoxy) is 1. The summed E-state index contributed by atoms with van der Waals surface area (Å²) < 4.78 is 7.89. The van der Waals surface area contributed by atoms with Gasteiger partial charge in [-0.2, -0.15) is 0 Å². The van der Waals surface area contributed by atoms with Gasteiger partial charge in [-0.15, -0.1) is 0 Å². The van der Waals surface area contributed by atoms with E-state index in [1.54, 1.807) is 0 Å². The van der Waals surface area contributed by atoms with Crippen LogP contribution in [0.25, 0.3) is 0 Å². The molecule has 1 aliphatic rings. The summed E-state index contributed by atoms with van der Waals surface area (Å²) in [4.78, 5) is 4.19. The van der Waals surface area contributed by atoms with Crippen LogP contribution in [0, 0.1) is 0 Å². The molecule has 1 saturated heterocycles. The first-order valence-corrected chi connectivity index (χ1v) is 5.65. The number of nitrogens with zero attached hydrogens (tertiary/aromatic N) is 2. The first-order valence-electron chi connectivity index (χ1n) is 5.65. The van der Waals surface area contributed by atoms with E-state index >= 15 is 0 Å². The van der Waals surface area contributed by atoms with Gasteiger partial charge in [-0.25, -0.2) is 4.98 Å². The molecule has 2 N–H and O–H groups in total. The van der Waals surface area contributed by atoms with Gasteiger partial charge in [0.2, 0.25) is 0 Å². The molecule has 0 bridgehead atoms. The molecule has 0 aromatic carbocycles. The van der Waals surface area contributed by atoms with Gasteiger partial charge in [-0.3, -0.25) is 0 Å². The second-order valence-corrected chi connectivity index (χ2v) is 4.12. The van der Waals surface area contributed by atoms with Crippen molar-refractivity contribution in [1.29, 1.82) is 0 Å². The number of nitrogens with two attached hydrogens (primary N) is 1. The Labute approximate surface area is 90.4 Å². The molecule has 0 radical (unpaired) electrons. The molecular weight excluding hydrogens is 190 g/mol. The van der Waals surface area contributed by atoms with Crippen molar-refractivity contribution in [2.75, 3.05) is 13.2 Å². The van der Waals surface area contributed by atoms with Crippen LogP contribution in [-0.2, 0) is 11.2 Å². The first-order chi connectivity index (χ1) is 7.33. The van der Waals surface area contributed by atoms with Crippen molar-refractivity contribution < 1.29 is 4.74 Å².